The van der Waals surface area contributed by atoms with Gasteiger partial charge in [0.1, 0.15) is 0 Å². The molecule has 0 saturated carbocycles. The summed E-state index contributed by atoms with van der Waals surface area (Å²) < 4.78 is 10.9. The fourth-order valence-corrected chi connectivity index (χ4v) is 4.44. The van der Waals surface area contributed by atoms with Crippen LogP contribution in [0.5, 0.6) is 0 Å². The number of carbonyl (C=O) groups excluding carboxylic acids is 1. The van der Waals surface area contributed by atoms with Gasteiger partial charge in [0.15, 0.2) is 0 Å². The Hall–Kier alpha value is -0.830. The molecule has 3 nitrogen and oxygen atoms in total. The van der Waals surface area contributed by atoms with Crippen molar-refractivity contribution in [3.63, 3.8) is 0 Å². The Morgan fingerprint density at radius 1 is 0.636 bits per heavy atom. The van der Waals surface area contributed by atoms with Gasteiger partial charge in [-0.25, -0.2) is 4.79 Å². The summed E-state index contributed by atoms with van der Waals surface area (Å²) in [4.78, 5) is 11.7. The SMILES string of the molecule is C=C(COCC(CCCCCCCCCC)CCCCCCCCCCCC)C(=O)OCC. The quantitative estimate of drug-likeness (QED) is 0.0723. The Kier molecular flexibility index (Phi) is 25.1. The van der Waals surface area contributed by atoms with Crippen LogP contribution in [0.4, 0.5) is 0 Å². The van der Waals surface area contributed by atoms with Gasteiger partial charge in [-0.2, -0.15) is 0 Å². The molecular formula is C30H58O3. The van der Waals surface area contributed by atoms with Gasteiger partial charge in [0, 0.05) is 6.61 Å². The molecular weight excluding hydrogens is 408 g/mol. The smallest absolute Gasteiger partial charge is 0.335 e. The van der Waals surface area contributed by atoms with Gasteiger partial charge in [-0.15, -0.1) is 0 Å². The molecule has 0 bridgehead atoms. The molecule has 0 fully saturated rings. The minimum atomic E-state index is -0.327. The van der Waals surface area contributed by atoms with E-state index in [0.29, 0.717) is 24.7 Å². The molecule has 0 N–H and O–H groups in total. The molecule has 0 saturated heterocycles. The summed E-state index contributed by atoms with van der Waals surface area (Å²) >= 11 is 0. The van der Waals surface area contributed by atoms with E-state index in [2.05, 4.69) is 20.4 Å². The van der Waals surface area contributed by atoms with Crippen molar-refractivity contribution >= 4 is 5.97 Å². The van der Waals surface area contributed by atoms with Crippen LogP contribution < -0.4 is 0 Å². The summed E-state index contributed by atoms with van der Waals surface area (Å²) in [7, 11) is 0. The maximum atomic E-state index is 11.7. The van der Waals surface area contributed by atoms with Crippen molar-refractivity contribution in [2.24, 2.45) is 5.92 Å². The van der Waals surface area contributed by atoms with Gasteiger partial charge >= 0.3 is 5.97 Å². The molecule has 0 spiro atoms. The first kappa shape index (κ1) is 32.2. The van der Waals surface area contributed by atoms with E-state index < -0.39 is 0 Å². The summed E-state index contributed by atoms with van der Waals surface area (Å²) in [5.74, 6) is 0.279. The van der Waals surface area contributed by atoms with E-state index in [4.69, 9.17) is 9.47 Å². The zero-order valence-corrected chi connectivity index (χ0v) is 22.8. The van der Waals surface area contributed by atoms with Crippen LogP contribution in [0, 0.1) is 5.92 Å². The predicted octanol–water partition coefficient (Wildman–Crippen LogP) is 9.58. The normalized spacial score (nSPS) is 12.1. The van der Waals surface area contributed by atoms with Crippen LogP contribution in [0.3, 0.4) is 0 Å². The van der Waals surface area contributed by atoms with Crippen molar-refractivity contribution in [3.8, 4) is 0 Å². The Morgan fingerprint density at radius 2 is 1.03 bits per heavy atom. The highest BCUT2D eigenvalue weighted by atomic mass is 16.5. The van der Waals surface area contributed by atoms with Crippen molar-refractivity contribution in [2.45, 2.75) is 149 Å². The maximum Gasteiger partial charge on any atom is 0.335 e. The zero-order valence-electron chi connectivity index (χ0n) is 22.8. The largest absolute Gasteiger partial charge is 0.463 e. The fraction of sp³-hybridized carbons (Fsp3) is 0.900. The summed E-state index contributed by atoms with van der Waals surface area (Å²) in [6.07, 6.45) is 27.2. The molecule has 33 heavy (non-hydrogen) atoms. The lowest BCUT2D eigenvalue weighted by Gasteiger charge is -2.17. The monoisotopic (exact) mass is 466 g/mol. The topological polar surface area (TPSA) is 35.5 Å². The summed E-state index contributed by atoms with van der Waals surface area (Å²) in [5.41, 5.74) is 0.432. The van der Waals surface area contributed by atoms with Gasteiger partial charge in [-0.3, -0.25) is 0 Å². The van der Waals surface area contributed by atoms with Crippen LogP contribution in [0.25, 0.3) is 0 Å². The number of ether oxygens (including phenoxy) is 2. The van der Waals surface area contributed by atoms with Gasteiger partial charge < -0.3 is 9.47 Å². The average Bonchev–Trinajstić information content (AvgIpc) is 2.81. The minimum absolute atomic E-state index is 0.296. The van der Waals surface area contributed by atoms with Crippen LogP contribution in [-0.2, 0) is 14.3 Å². The van der Waals surface area contributed by atoms with Crippen molar-refractivity contribution < 1.29 is 14.3 Å². The molecule has 0 aromatic carbocycles. The molecule has 0 aliphatic carbocycles. The van der Waals surface area contributed by atoms with Gasteiger partial charge in [-0.05, 0) is 25.7 Å². The van der Waals surface area contributed by atoms with E-state index >= 15 is 0 Å². The Morgan fingerprint density at radius 3 is 1.42 bits per heavy atom. The molecule has 0 rings (SSSR count). The highest BCUT2D eigenvalue weighted by molar-refractivity contribution is 5.87. The Bertz CT molecular complexity index is 432. The number of hydrogen-bond donors (Lipinski definition) is 0. The van der Waals surface area contributed by atoms with E-state index in [1.807, 2.05) is 6.92 Å². The van der Waals surface area contributed by atoms with Gasteiger partial charge in [0.05, 0.1) is 18.8 Å². The molecule has 0 radical (unpaired) electrons. The zero-order chi connectivity index (χ0) is 24.4. The third kappa shape index (κ3) is 22.7. The second-order valence-corrected chi connectivity index (χ2v) is 9.94. The third-order valence-corrected chi connectivity index (χ3v) is 6.63. The van der Waals surface area contributed by atoms with Crippen LogP contribution in [0.1, 0.15) is 149 Å². The van der Waals surface area contributed by atoms with Crippen molar-refractivity contribution in [3.05, 3.63) is 12.2 Å². The minimum Gasteiger partial charge on any atom is -0.463 e. The van der Waals surface area contributed by atoms with Crippen molar-refractivity contribution in [1.29, 1.82) is 0 Å². The highest BCUT2D eigenvalue weighted by Gasteiger charge is 2.12. The lowest BCUT2D eigenvalue weighted by Crippen LogP contribution is -2.16. The molecule has 0 aromatic heterocycles. The van der Waals surface area contributed by atoms with Crippen LogP contribution in [0.2, 0.25) is 0 Å². The van der Waals surface area contributed by atoms with Crippen molar-refractivity contribution in [2.75, 3.05) is 19.8 Å². The standard InChI is InChI=1S/C30H58O3/c1-5-8-10-12-14-16-17-19-21-23-25-29(24-22-20-18-15-13-11-9-6-2)27-32-26-28(4)30(31)33-7-3/h29H,4-27H2,1-3H3. The van der Waals surface area contributed by atoms with Crippen LogP contribution in [0.15, 0.2) is 12.2 Å². The van der Waals surface area contributed by atoms with Crippen LogP contribution >= 0.6 is 0 Å². The van der Waals surface area contributed by atoms with Crippen molar-refractivity contribution in [1.82, 2.24) is 0 Å². The molecule has 0 heterocycles. The average molecular weight is 467 g/mol. The number of esters is 1. The maximum absolute atomic E-state index is 11.7. The summed E-state index contributed by atoms with van der Waals surface area (Å²) in [5, 5.41) is 0. The summed E-state index contributed by atoms with van der Waals surface area (Å²) in [6, 6.07) is 0. The van der Waals surface area contributed by atoms with E-state index in [1.54, 1.807) is 0 Å². The summed E-state index contributed by atoms with van der Waals surface area (Å²) in [6.45, 7) is 11.6. The van der Waals surface area contributed by atoms with Gasteiger partial charge in [0.2, 0.25) is 0 Å². The molecule has 1 unspecified atom stereocenters. The van der Waals surface area contributed by atoms with E-state index in [0.717, 1.165) is 6.61 Å². The number of rotatable bonds is 26. The molecule has 1 atom stereocenters. The molecule has 196 valence electrons. The Balaban J connectivity index is 4.03. The molecule has 0 aromatic rings. The van der Waals surface area contributed by atoms with E-state index in [1.165, 1.54) is 128 Å². The lowest BCUT2D eigenvalue weighted by atomic mass is 9.94. The fourth-order valence-electron chi connectivity index (χ4n) is 4.44. The Labute approximate surface area is 207 Å². The number of unbranched alkanes of at least 4 members (excludes halogenated alkanes) is 16. The van der Waals surface area contributed by atoms with E-state index in [-0.39, 0.29) is 5.97 Å². The van der Waals surface area contributed by atoms with Gasteiger partial charge in [0.25, 0.3) is 0 Å². The first-order chi connectivity index (χ1) is 16.2. The van der Waals surface area contributed by atoms with Gasteiger partial charge in [-0.1, -0.05) is 136 Å². The second-order valence-electron chi connectivity index (χ2n) is 9.94. The van der Waals surface area contributed by atoms with E-state index in [9.17, 15) is 4.79 Å². The third-order valence-electron chi connectivity index (χ3n) is 6.63. The first-order valence-corrected chi connectivity index (χ1v) is 14.6. The molecule has 0 amide bonds. The predicted molar refractivity (Wildman–Crippen MR) is 144 cm³/mol. The lowest BCUT2D eigenvalue weighted by molar-refractivity contribution is -0.139. The first-order valence-electron chi connectivity index (χ1n) is 14.6. The number of carbonyl (C=O) groups is 1. The molecule has 3 heteroatoms. The van der Waals surface area contributed by atoms with Crippen LogP contribution in [-0.4, -0.2) is 25.8 Å². The molecule has 0 aliphatic rings. The second kappa shape index (κ2) is 25.8. The molecule has 0 aliphatic heterocycles. The highest BCUT2D eigenvalue weighted by Crippen LogP contribution is 2.20. The number of hydrogen-bond acceptors (Lipinski definition) is 3.